The molecule has 0 spiro atoms. The second-order valence-electron chi connectivity index (χ2n) is 7.44. The van der Waals surface area contributed by atoms with Crippen LogP contribution < -0.4 is 16.0 Å². The number of hydrogen-bond acceptors (Lipinski definition) is 4. The SMILES string of the molecule is CC(C)(C)NC(=O)c1ccccc1NC(=O)NCCCN1CCOCC1. The molecule has 0 aromatic heterocycles. The Kier molecular flexibility index (Phi) is 7.41. The second kappa shape index (κ2) is 9.54. The van der Waals surface area contributed by atoms with Crippen LogP contribution in [0.2, 0.25) is 0 Å². The predicted octanol–water partition coefficient (Wildman–Crippen LogP) is 2.06. The van der Waals surface area contributed by atoms with Gasteiger partial charge in [0, 0.05) is 25.2 Å². The molecule has 1 saturated heterocycles. The van der Waals surface area contributed by atoms with E-state index in [0.29, 0.717) is 17.8 Å². The fourth-order valence-corrected chi connectivity index (χ4v) is 2.69. The first-order valence-electron chi connectivity index (χ1n) is 9.12. The molecule has 26 heavy (non-hydrogen) atoms. The third kappa shape index (κ3) is 7.01. The highest BCUT2D eigenvalue weighted by Crippen LogP contribution is 2.16. The minimum Gasteiger partial charge on any atom is -0.379 e. The predicted molar refractivity (Wildman–Crippen MR) is 103 cm³/mol. The summed E-state index contributed by atoms with van der Waals surface area (Å²) in [6.07, 6.45) is 0.875. The highest BCUT2D eigenvalue weighted by molar-refractivity contribution is 6.03. The Morgan fingerprint density at radius 1 is 1.15 bits per heavy atom. The fourth-order valence-electron chi connectivity index (χ4n) is 2.69. The summed E-state index contributed by atoms with van der Waals surface area (Å²) in [5.41, 5.74) is 0.609. The summed E-state index contributed by atoms with van der Waals surface area (Å²) in [4.78, 5) is 26.9. The van der Waals surface area contributed by atoms with Crippen molar-refractivity contribution in [1.29, 1.82) is 0 Å². The molecule has 2 rings (SSSR count). The Morgan fingerprint density at radius 3 is 2.54 bits per heavy atom. The molecular formula is C19H30N4O3. The summed E-state index contributed by atoms with van der Waals surface area (Å²) in [6, 6.07) is 6.70. The average Bonchev–Trinajstić information content (AvgIpc) is 2.58. The Hall–Kier alpha value is -2.12. The van der Waals surface area contributed by atoms with Crippen molar-refractivity contribution < 1.29 is 14.3 Å². The van der Waals surface area contributed by atoms with Gasteiger partial charge in [0.25, 0.3) is 5.91 Å². The van der Waals surface area contributed by atoms with Gasteiger partial charge in [-0.05, 0) is 45.9 Å². The summed E-state index contributed by atoms with van der Waals surface area (Å²) in [5, 5.41) is 8.53. The quantitative estimate of drug-likeness (QED) is 0.677. The van der Waals surface area contributed by atoms with Crippen LogP contribution in [0.25, 0.3) is 0 Å². The number of urea groups is 1. The maximum absolute atomic E-state index is 12.4. The van der Waals surface area contributed by atoms with Crippen LogP contribution in [0.3, 0.4) is 0 Å². The number of morpholine rings is 1. The summed E-state index contributed by atoms with van der Waals surface area (Å²) in [7, 11) is 0. The number of carbonyl (C=O) groups excluding carboxylic acids is 2. The molecule has 0 atom stereocenters. The van der Waals surface area contributed by atoms with Crippen LogP contribution in [-0.4, -0.2) is 61.8 Å². The van der Waals surface area contributed by atoms with Gasteiger partial charge in [-0.2, -0.15) is 0 Å². The molecule has 1 aliphatic rings. The molecule has 0 saturated carbocycles. The van der Waals surface area contributed by atoms with Crippen LogP contribution >= 0.6 is 0 Å². The molecule has 1 aromatic rings. The normalized spacial score (nSPS) is 15.3. The van der Waals surface area contributed by atoms with Gasteiger partial charge in [0.15, 0.2) is 0 Å². The first-order valence-corrected chi connectivity index (χ1v) is 9.12. The van der Waals surface area contributed by atoms with Gasteiger partial charge in [-0.3, -0.25) is 9.69 Å². The first-order chi connectivity index (χ1) is 12.3. The molecule has 0 bridgehead atoms. The summed E-state index contributed by atoms with van der Waals surface area (Å²) in [5.74, 6) is -0.208. The fraction of sp³-hybridized carbons (Fsp3) is 0.579. The van der Waals surface area contributed by atoms with E-state index in [1.54, 1.807) is 24.3 Å². The molecule has 7 nitrogen and oxygen atoms in total. The second-order valence-corrected chi connectivity index (χ2v) is 7.44. The number of rotatable bonds is 6. The van der Waals surface area contributed by atoms with Gasteiger partial charge < -0.3 is 20.7 Å². The zero-order chi connectivity index (χ0) is 19.0. The van der Waals surface area contributed by atoms with Crippen LogP contribution in [0.4, 0.5) is 10.5 Å². The topological polar surface area (TPSA) is 82.7 Å². The van der Waals surface area contributed by atoms with E-state index in [1.807, 2.05) is 20.8 Å². The van der Waals surface area contributed by atoms with Crippen LogP contribution in [0.5, 0.6) is 0 Å². The number of ether oxygens (including phenoxy) is 1. The summed E-state index contributed by atoms with van der Waals surface area (Å²) in [6.45, 7) is 10.7. The monoisotopic (exact) mass is 362 g/mol. The summed E-state index contributed by atoms with van der Waals surface area (Å²) >= 11 is 0. The minimum atomic E-state index is -0.341. The van der Waals surface area contributed by atoms with Gasteiger partial charge in [0.1, 0.15) is 0 Å². The molecule has 3 amide bonds. The van der Waals surface area contributed by atoms with E-state index in [-0.39, 0.29) is 17.5 Å². The number of carbonyl (C=O) groups is 2. The first kappa shape index (κ1) is 20.2. The maximum Gasteiger partial charge on any atom is 0.319 e. The van der Waals surface area contributed by atoms with E-state index in [9.17, 15) is 9.59 Å². The van der Waals surface area contributed by atoms with E-state index in [1.165, 1.54) is 0 Å². The number of nitrogens with zero attached hydrogens (tertiary/aromatic N) is 1. The van der Waals surface area contributed by atoms with Crippen molar-refractivity contribution in [3.8, 4) is 0 Å². The lowest BCUT2D eigenvalue weighted by Gasteiger charge is -2.26. The van der Waals surface area contributed by atoms with Crippen molar-refractivity contribution in [3.05, 3.63) is 29.8 Å². The molecule has 1 heterocycles. The van der Waals surface area contributed by atoms with Gasteiger partial charge >= 0.3 is 6.03 Å². The third-order valence-electron chi connectivity index (χ3n) is 3.95. The van der Waals surface area contributed by atoms with Gasteiger partial charge in [-0.15, -0.1) is 0 Å². The zero-order valence-corrected chi connectivity index (χ0v) is 15.9. The standard InChI is InChI=1S/C19H30N4O3/c1-19(2,3)22-17(24)15-7-4-5-8-16(15)21-18(25)20-9-6-10-23-11-13-26-14-12-23/h4-5,7-8H,6,9-14H2,1-3H3,(H,22,24)(H2,20,21,25). The zero-order valence-electron chi connectivity index (χ0n) is 15.9. The smallest absolute Gasteiger partial charge is 0.319 e. The molecule has 144 valence electrons. The van der Waals surface area contributed by atoms with Gasteiger partial charge in [0.2, 0.25) is 0 Å². The van der Waals surface area contributed by atoms with E-state index in [2.05, 4.69) is 20.9 Å². The molecule has 3 N–H and O–H groups in total. The summed E-state index contributed by atoms with van der Waals surface area (Å²) < 4.78 is 5.32. The van der Waals surface area contributed by atoms with Crippen molar-refractivity contribution >= 4 is 17.6 Å². The number of nitrogens with one attached hydrogen (secondary N) is 3. The van der Waals surface area contributed by atoms with Crippen molar-refractivity contribution in [2.24, 2.45) is 0 Å². The lowest BCUT2D eigenvalue weighted by molar-refractivity contribution is 0.0375. The van der Waals surface area contributed by atoms with Gasteiger partial charge in [0.05, 0.1) is 24.5 Å². The Morgan fingerprint density at radius 2 is 1.85 bits per heavy atom. The van der Waals surface area contributed by atoms with Gasteiger partial charge in [-0.25, -0.2) is 4.79 Å². The Balaban J connectivity index is 1.80. The third-order valence-corrected chi connectivity index (χ3v) is 3.95. The van der Waals surface area contributed by atoms with E-state index in [0.717, 1.165) is 39.3 Å². The molecule has 1 fully saturated rings. The Bertz CT molecular complexity index is 607. The molecule has 7 heteroatoms. The number of benzene rings is 1. The number of anilines is 1. The largest absolute Gasteiger partial charge is 0.379 e. The van der Waals surface area contributed by atoms with Gasteiger partial charge in [-0.1, -0.05) is 12.1 Å². The highest BCUT2D eigenvalue weighted by Gasteiger charge is 2.18. The van der Waals surface area contributed by atoms with Crippen LogP contribution in [0.15, 0.2) is 24.3 Å². The van der Waals surface area contributed by atoms with Crippen molar-refractivity contribution in [2.75, 3.05) is 44.7 Å². The minimum absolute atomic E-state index is 0.208. The number of para-hydroxylation sites is 1. The molecular weight excluding hydrogens is 332 g/mol. The highest BCUT2D eigenvalue weighted by atomic mass is 16.5. The molecule has 0 radical (unpaired) electrons. The molecule has 0 aliphatic carbocycles. The van der Waals surface area contributed by atoms with Crippen molar-refractivity contribution in [1.82, 2.24) is 15.5 Å². The lowest BCUT2D eigenvalue weighted by atomic mass is 10.1. The lowest BCUT2D eigenvalue weighted by Crippen LogP contribution is -2.41. The molecule has 1 aromatic carbocycles. The van der Waals surface area contributed by atoms with Crippen molar-refractivity contribution in [3.63, 3.8) is 0 Å². The van der Waals surface area contributed by atoms with E-state index >= 15 is 0 Å². The number of hydrogen-bond donors (Lipinski definition) is 3. The number of amides is 3. The van der Waals surface area contributed by atoms with E-state index in [4.69, 9.17) is 4.74 Å². The van der Waals surface area contributed by atoms with Crippen LogP contribution in [0, 0.1) is 0 Å². The Labute approximate surface area is 155 Å². The van der Waals surface area contributed by atoms with Crippen molar-refractivity contribution in [2.45, 2.75) is 32.7 Å². The molecule has 0 unspecified atom stereocenters. The van der Waals surface area contributed by atoms with Crippen LogP contribution in [0.1, 0.15) is 37.6 Å². The maximum atomic E-state index is 12.4. The van der Waals surface area contributed by atoms with Crippen LogP contribution in [-0.2, 0) is 4.74 Å². The van der Waals surface area contributed by atoms with E-state index < -0.39 is 0 Å². The molecule has 1 aliphatic heterocycles. The average molecular weight is 362 g/mol.